The van der Waals surface area contributed by atoms with Crippen LogP contribution in [0.5, 0.6) is 0 Å². The van der Waals surface area contributed by atoms with Crippen molar-refractivity contribution in [3.8, 4) is 0 Å². The molecule has 2 nitrogen and oxygen atoms in total. The first-order valence-corrected chi connectivity index (χ1v) is 6.85. The fourth-order valence-electron chi connectivity index (χ4n) is 1.72. The van der Waals surface area contributed by atoms with Gasteiger partial charge in [0.2, 0.25) is 0 Å². The van der Waals surface area contributed by atoms with Crippen molar-refractivity contribution in [1.29, 1.82) is 0 Å². The summed E-state index contributed by atoms with van der Waals surface area (Å²) in [5, 5.41) is 3.32. The summed E-state index contributed by atoms with van der Waals surface area (Å²) in [6.45, 7) is 6.45. The molecule has 0 amide bonds. The molecule has 0 saturated heterocycles. The number of halogens is 1. The molecule has 1 aromatic carbocycles. The predicted molar refractivity (Wildman–Crippen MR) is 80.5 cm³/mol. The minimum Gasteiger partial charge on any atom is -0.339 e. The van der Waals surface area contributed by atoms with E-state index in [1.54, 1.807) is 0 Å². The van der Waals surface area contributed by atoms with Gasteiger partial charge in [-0.1, -0.05) is 26.0 Å². The van der Waals surface area contributed by atoms with E-state index in [-0.39, 0.29) is 0 Å². The predicted octanol–water partition coefficient (Wildman–Crippen LogP) is 5.02. The number of aromatic nitrogens is 1. The van der Waals surface area contributed by atoms with Crippen LogP contribution in [0.3, 0.4) is 0 Å². The lowest BCUT2D eigenvalue weighted by atomic mass is 10.0. The minimum absolute atomic E-state index is 0.558. The van der Waals surface area contributed by atoms with E-state index in [1.165, 1.54) is 11.1 Å². The molecule has 0 bridgehead atoms. The summed E-state index contributed by atoms with van der Waals surface area (Å²) in [6.07, 6.45) is 1.81. The molecule has 0 aliphatic heterocycles. The number of nitrogens with zero attached hydrogens (tertiary/aromatic N) is 1. The van der Waals surface area contributed by atoms with Gasteiger partial charge in [-0.2, -0.15) is 0 Å². The first-order valence-electron chi connectivity index (χ1n) is 6.06. The van der Waals surface area contributed by atoms with Crippen LogP contribution in [-0.4, -0.2) is 4.98 Å². The Hall–Kier alpha value is -1.35. The summed E-state index contributed by atoms with van der Waals surface area (Å²) < 4.78 is 1.01. The molecule has 0 radical (unpaired) electrons. The first-order chi connectivity index (χ1) is 8.58. The van der Waals surface area contributed by atoms with E-state index in [9.17, 15) is 0 Å². The molecule has 0 saturated carbocycles. The molecule has 0 unspecified atom stereocenters. The number of rotatable bonds is 3. The van der Waals surface area contributed by atoms with E-state index < -0.39 is 0 Å². The summed E-state index contributed by atoms with van der Waals surface area (Å²) in [5.74, 6) is 1.41. The van der Waals surface area contributed by atoms with Gasteiger partial charge >= 0.3 is 0 Å². The molecule has 94 valence electrons. The van der Waals surface area contributed by atoms with Crippen molar-refractivity contribution in [3.05, 3.63) is 52.1 Å². The second-order valence-electron chi connectivity index (χ2n) is 4.69. The van der Waals surface area contributed by atoms with Gasteiger partial charge in [0.1, 0.15) is 5.82 Å². The maximum Gasteiger partial charge on any atom is 0.144 e. The molecule has 0 fully saturated rings. The lowest BCUT2D eigenvalue weighted by Crippen LogP contribution is -1.96. The lowest BCUT2D eigenvalue weighted by Gasteiger charge is -2.10. The highest BCUT2D eigenvalue weighted by Crippen LogP contribution is 2.27. The zero-order chi connectivity index (χ0) is 13.1. The molecular weight excluding hydrogens is 288 g/mol. The third-order valence-electron chi connectivity index (χ3n) is 2.92. The number of pyridine rings is 1. The van der Waals surface area contributed by atoms with Crippen molar-refractivity contribution in [3.63, 3.8) is 0 Å². The highest BCUT2D eigenvalue weighted by atomic mass is 79.9. The van der Waals surface area contributed by atoms with Gasteiger partial charge < -0.3 is 5.32 Å². The Labute approximate surface area is 117 Å². The van der Waals surface area contributed by atoms with Gasteiger partial charge in [-0.3, -0.25) is 0 Å². The van der Waals surface area contributed by atoms with E-state index in [0.717, 1.165) is 16.0 Å². The molecule has 1 aromatic heterocycles. The number of aryl methyl sites for hydroxylation is 1. The number of benzene rings is 1. The average molecular weight is 305 g/mol. The van der Waals surface area contributed by atoms with Crippen LogP contribution >= 0.6 is 15.9 Å². The summed E-state index contributed by atoms with van der Waals surface area (Å²) in [4.78, 5) is 4.33. The molecule has 0 spiro atoms. The van der Waals surface area contributed by atoms with E-state index in [1.807, 2.05) is 12.3 Å². The van der Waals surface area contributed by atoms with Crippen molar-refractivity contribution >= 4 is 27.4 Å². The van der Waals surface area contributed by atoms with Gasteiger partial charge in [-0.25, -0.2) is 4.98 Å². The molecule has 1 heterocycles. The first kappa shape index (κ1) is 13.1. The van der Waals surface area contributed by atoms with E-state index in [2.05, 4.69) is 71.3 Å². The number of nitrogens with one attached hydrogen (secondary N) is 1. The Balaban J connectivity index is 2.21. The van der Waals surface area contributed by atoms with Crippen LogP contribution in [0.2, 0.25) is 0 Å². The molecule has 1 N–H and O–H groups in total. The van der Waals surface area contributed by atoms with Crippen molar-refractivity contribution in [2.45, 2.75) is 26.7 Å². The molecule has 2 rings (SSSR count). The minimum atomic E-state index is 0.558. The van der Waals surface area contributed by atoms with Gasteiger partial charge in [-0.05, 0) is 58.1 Å². The highest BCUT2D eigenvalue weighted by molar-refractivity contribution is 9.10. The Morgan fingerprint density at radius 2 is 1.78 bits per heavy atom. The Bertz CT molecular complexity index is 533. The van der Waals surface area contributed by atoms with Crippen molar-refractivity contribution in [2.75, 3.05) is 5.32 Å². The van der Waals surface area contributed by atoms with Gasteiger partial charge in [0.05, 0.1) is 4.47 Å². The van der Waals surface area contributed by atoms with Crippen molar-refractivity contribution in [1.82, 2.24) is 4.98 Å². The number of hydrogen-bond donors (Lipinski definition) is 1. The van der Waals surface area contributed by atoms with Crippen LogP contribution in [-0.2, 0) is 0 Å². The molecular formula is C15H17BrN2. The van der Waals surface area contributed by atoms with Gasteiger partial charge in [0, 0.05) is 11.9 Å². The summed E-state index contributed by atoms with van der Waals surface area (Å²) in [7, 11) is 0. The van der Waals surface area contributed by atoms with Crippen molar-refractivity contribution in [2.24, 2.45) is 0 Å². The SMILES string of the molecule is Cc1ccnc(Nc2ccc(C(C)C)cc2)c1Br. The highest BCUT2D eigenvalue weighted by Gasteiger charge is 2.04. The lowest BCUT2D eigenvalue weighted by molar-refractivity contribution is 0.867. The Morgan fingerprint density at radius 3 is 2.39 bits per heavy atom. The van der Waals surface area contributed by atoms with Crippen LogP contribution < -0.4 is 5.32 Å². The maximum absolute atomic E-state index is 4.33. The van der Waals surface area contributed by atoms with Crippen molar-refractivity contribution < 1.29 is 0 Å². The van der Waals surface area contributed by atoms with Crippen LogP contribution in [0.1, 0.15) is 30.9 Å². The molecule has 0 aliphatic rings. The largest absolute Gasteiger partial charge is 0.339 e. The zero-order valence-electron chi connectivity index (χ0n) is 10.9. The third kappa shape index (κ3) is 2.91. The van der Waals surface area contributed by atoms with Gasteiger partial charge in [0.15, 0.2) is 0 Å². The van der Waals surface area contributed by atoms with E-state index in [4.69, 9.17) is 0 Å². The normalized spacial score (nSPS) is 10.7. The summed E-state index contributed by atoms with van der Waals surface area (Å²) in [5.41, 5.74) is 3.57. The smallest absolute Gasteiger partial charge is 0.144 e. The maximum atomic E-state index is 4.33. The molecule has 3 heteroatoms. The van der Waals surface area contributed by atoms with Gasteiger partial charge in [0.25, 0.3) is 0 Å². The summed E-state index contributed by atoms with van der Waals surface area (Å²) in [6, 6.07) is 10.5. The van der Waals surface area contributed by atoms with Crippen LogP contribution in [0.15, 0.2) is 41.0 Å². The quantitative estimate of drug-likeness (QED) is 0.861. The topological polar surface area (TPSA) is 24.9 Å². The third-order valence-corrected chi connectivity index (χ3v) is 3.92. The molecule has 2 aromatic rings. The molecule has 0 aliphatic carbocycles. The molecule has 18 heavy (non-hydrogen) atoms. The van der Waals surface area contributed by atoms with E-state index >= 15 is 0 Å². The van der Waals surface area contributed by atoms with Crippen LogP contribution in [0, 0.1) is 6.92 Å². The Morgan fingerprint density at radius 1 is 1.11 bits per heavy atom. The average Bonchev–Trinajstić information content (AvgIpc) is 2.36. The zero-order valence-corrected chi connectivity index (χ0v) is 12.5. The van der Waals surface area contributed by atoms with E-state index in [0.29, 0.717) is 5.92 Å². The van der Waals surface area contributed by atoms with Gasteiger partial charge in [-0.15, -0.1) is 0 Å². The van der Waals surface area contributed by atoms with Crippen LogP contribution in [0.4, 0.5) is 11.5 Å². The standard InChI is InChI=1S/C15H17BrN2/c1-10(2)12-4-6-13(7-5-12)18-15-14(16)11(3)8-9-17-15/h4-10H,1-3H3,(H,17,18). The summed E-state index contributed by atoms with van der Waals surface area (Å²) >= 11 is 3.55. The van der Waals surface area contributed by atoms with Crippen LogP contribution in [0.25, 0.3) is 0 Å². The fraction of sp³-hybridized carbons (Fsp3) is 0.267. The monoisotopic (exact) mass is 304 g/mol. The number of hydrogen-bond acceptors (Lipinski definition) is 2. The fourth-order valence-corrected chi connectivity index (χ4v) is 2.05. The Kier molecular flexibility index (Phi) is 4.02. The molecule has 0 atom stereocenters. The second kappa shape index (κ2) is 5.53. The second-order valence-corrected chi connectivity index (χ2v) is 5.49. The number of anilines is 2.